The third-order valence-corrected chi connectivity index (χ3v) is 9.67. The largest absolute Gasteiger partial charge is 0.679 e. The smallest absolute Gasteiger partial charge is 0.500 e. The summed E-state index contributed by atoms with van der Waals surface area (Å²) in [5.74, 6) is 0. The van der Waals surface area contributed by atoms with Gasteiger partial charge in [0.25, 0.3) is 0 Å². The average Bonchev–Trinajstić information content (AvgIpc) is 2.75. The molecular weight excluding hydrogens is 464 g/mol. The normalized spacial score (nSPS) is 11.6. The van der Waals surface area contributed by atoms with Gasteiger partial charge in [0, 0.05) is 71.8 Å². The maximum absolute atomic E-state index is 6.91. The molecule has 0 bridgehead atoms. The second-order valence-electron chi connectivity index (χ2n) is 5.64. The molecule has 13 heteroatoms. The molecule has 183 valence electrons. The van der Waals surface area contributed by atoms with Crippen LogP contribution in [0.2, 0.25) is 12.1 Å². The molecule has 0 aromatic heterocycles. The van der Waals surface area contributed by atoms with E-state index in [9.17, 15) is 0 Å². The van der Waals surface area contributed by atoms with Gasteiger partial charge in [-0.05, 0) is 0 Å². The van der Waals surface area contributed by atoms with Crippen LogP contribution in [-0.4, -0.2) is 99.5 Å². The van der Waals surface area contributed by atoms with Crippen LogP contribution in [-0.2, 0) is 43.6 Å². The standard InChI is InChI=1S/2C8H20N2O3Si.Cu/c2*1-11-14(12-2,13-3)8-4-6-10-7-5-9;/h2*9H,4-8H2,1-3H3;/q2*-2;. The van der Waals surface area contributed by atoms with Crippen molar-refractivity contribution in [2.75, 3.05) is 81.9 Å². The average molecular weight is 504 g/mol. The van der Waals surface area contributed by atoms with E-state index in [2.05, 4.69) is 10.6 Å². The van der Waals surface area contributed by atoms with E-state index in [1.54, 1.807) is 42.7 Å². The summed E-state index contributed by atoms with van der Waals surface area (Å²) in [6.07, 6.45) is 1.78. The van der Waals surface area contributed by atoms with Crippen LogP contribution in [0.3, 0.4) is 0 Å². The maximum Gasteiger partial charge on any atom is 0.500 e. The van der Waals surface area contributed by atoms with Crippen molar-refractivity contribution in [3.8, 4) is 0 Å². The van der Waals surface area contributed by atoms with Gasteiger partial charge in [-0.25, -0.2) is 0 Å². The van der Waals surface area contributed by atoms with Crippen molar-refractivity contribution in [1.29, 1.82) is 0 Å². The molecule has 0 unspecified atom stereocenters. The van der Waals surface area contributed by atoms with Gasteiger partial charge in [0.15, 0.2) is 0 Å². The van der Waals surface area contributed by atoms with E-state index in [1.807, 2.05) is 0 Å². The predicted octanol–water partition coefficient (Wildman–Crippen LogP) is 3.36. The quantitative estimate of drug-likeness (QED) is 0.208. The molecule has 0 saturated heterocycles. The Balaban J connectivity index is -0.000000451. The number of hydrogen-bond donors (Lipinski definition) is 0. The van der Waals surface area contributed by atoms with E-state index in [0.717, 1.165) is 38.0 Å². The van der Waals surface area contributed by atoms with Crippen molar-refractivity contribution >= 4 is 17.6 Å². The van der Waals surface area contributed by atoms with Crippen molar-refractivity contribution in [3.63, 3.8) is 0 Å². The summed E-state index contributed by atoms with van der Waals surface area (Å²) in [7, 11) is 4.90. The van der Waals surface area contributed by atoms with E-state index in [4.69, 9.17) is 38.0 Å². The topological polar surface area (TPSA) is 131 Å². The first-order valence-electron chi connectivity index (χ1n) is 9.35. The van der Waals surface area contributed by atoms with Gasteiger partial charge in [-0.2, -0.15) is 26.2 Å². The first kappa shape index (κ1) is 34.2. The predicted molar refractivity (Wildman–Crippen MR) is 117 cm³/mol. The minimum atomic E-state index is -2.38. The number of nitrogens with zero attached hydrogens (tertiary/aromatic N) is 2. The van der Waals surface area contributed by atoms with Crippen LogP contribution in [0.25, 0.3) is 22.1 Å². The third-order valence-electron chi connectivity index (χ3n) is 4.00. The molecule has 0 fully saturated rings. The summed E-state index contributed by atoms with van der Waals surface area (Å²) in [6, 6.07) is 1.55. The Morgan fingerprint density at radius 1 is 0.552 bits per heavy atom. The van der Waals surface area contributed by atoms with Gasteiger partial charge in [-0.3, -0.25) is 0 Å². The Bertz CT molecular complexity index is 287. The van der Waals surface area contributed by atoms with Crippen molar-refractivity contribution < 1.29 is 43.6 Å². The summed E-state index contributed by atoms with van der Waals surface area (Å²) in [4.78, 5) is 0. The fourth-order valence-electron chi connectivity index (χ4n) is 2.31. The third kappa shape index (κ3) is 16.9. The van der Waals surface area contributed by atoms with Crippen LogP contribution in [0.1, 0.15) is 12.8 Å². The van der Waals surface area contributed by atoms with Crippen LogP contribution < -0.4 is 0 Å². The molecule has 0 rings (SSSR count). The van der Waals surface area contributed by atoms with Gasteiger partial charge < -0.3 is 48.7 Å². The molecule has 0 aromatic rings. The van der Waals surface area contributed by atoms with Crippen molar-refractivity contribution in [1.82, 2.24) is 0 Å². The molecule has 2 N–H and O–H groups in total. The molecule has 0 aliphatic rings. The molecule has 0 aliphatic heterocycles. The first-order valence-corrected chi connectivity index (χ1v) is 13.2. The fraction of sp³-hybridized carbons (Fsp3) is 1.00. The molecule has 0 aliphatic carbocycles. The van der Waals surface area contributed by atoms with E-state index in [1.165, 1.54) is 0 Å². The molecule has 10 nitrogen and oxygen atoms in total. The molecule has 1 radical (unpaired) electrons. The van der Waals surface area contributed by atoms with Crippen LogP contribution in [0.5, 0.6) is 0 Å². The van der Waals surface area contributed by atoms with Crippen LogP contribution in [0, 0.1) is 0 Å². The van der Waals surface area contributed by atoms with E-state index in [-0.39, 0.29) is 17.1 Å². The monoisotopic (exact) mass is 503 g/mol. The zero-order valence-corrected chi connectivity index (χ0v) is 21.7. The Morgan fingerprint density at radius 2 is 0.828 bits per heavy atom. The molecule has 0 amide bonds. The van der Waals surface area contributed by atoms with Crippen LogP contribution in [0.15, 0.2) is 0 Å². The van der Waals surface area contributed by atoms with Crippen LogP contribution >= 0.6 is 0 Å². The second-order valence-corrected chi connectivity index (χ2v) is 11.8. The SMILES string of the molecule is CO[Si](CCC[N-]CC[NH-])(OC)OC.CO[Si](CCC[N-]CC[NH-])(OC)OC.[Cu]. The molecule has 0 atom stereocenters. The fourth-order valence-corrected chi connectivity index (χ4v) is 5.72. The summed E-state index contributed by atoms with van der Waals surface area (Å²) < 4.78 is 31.6. The first-order chi connectivity index (χ1) is 13.5. The van der Waals surface area contributed by atoms with Gasteiger partial charge in [-0.15, -0.1) is 13.1 Å². The maximum atomic E-state index is 6.91. The number of hydrogen-bond acceptors (Lipinski definition) is 6. The molecule has 0 spiro atoms. The van der Waals surface area contributed by atoms with E-state index in [0.29, 0.717) is 26.2 Å². The molecule has 29 heavy (non-hydrogen) atoms. The molecule has 0 heterocycles. The Hall–Kier alpha value is 0.553. The summed E-state index contributed by atoms with van der Waals surface area (Å²) in [5, 5.41) is 8.33. The van der Waals surface area contributed by atoms with Gasteiger partial charge in [0.1, 0.15) is 0 Å². The Kier molecular flexibility index (Phi) is 27.4. The molecule has 0 saturated carbocycles. The van der Waals surface area contributed by atoms with E-state index < -0.39 is 17.6 Å². The van der Waals surface area contributed by atoms with Crippen LogP contribution in [0.4, 0.5) is 0 Å². The molecule has 0 aromatic carbocycles. The van der Waals surface area contributed by atoms with E-state index >= 15 is 0 Å². The Labute approximate surface area is 190 Å². The minimum absolute atomic E-state index is 0. The minimum Gasteiger partial charge on any atom is -0.679 e. The van der Waals surface area contributed by atoms with Gasteiger partial charge in [-0.1, -0.05) is 12.8 Å². The van der Waals surface area contributed by atoms with Gasteiger partial charge in [0.2, 0.25) is 0 Å². The summed E-state index contributed by atoms with van der Waals surface area (Å²) >= 11 is 0. The van der Waals surface area contributed by atoms with Crippen molar-refractivity contribution in [2.24, 2.45) is 0 Å². The summed E-state index contributed by atoms with van der Waals surface area (Å²) in [6.45, 7) is 3.46. The molecular formula is C16H40CuN4O6Si2-4. The summed E-state index contributed by atoms with van der Waals surface area (Å²) in [5.41, 5.74) is 13.8. The zero-order valence-electron chi connectivity index (χ0n) is 18.7. The second kappa shape index (κ2) is 23.2. The van der Waals surface area contributed by atoms with Crippen molar-refractivity contribution in [3.05, 3.63) is 22.1 Å². The number of rotatable bonds is 18. The Morgan fingerprint density at radius 3 is 1.03 bits per heavy atom. The zero-order chi connectivity index (χ0) is 21.7. The van der Waals surface area contributed by atoms with Gasteiger partial charge in [0.05, 0.1) is 0 Å². The van der Waals surface area contributed by atoms with Gasteiger partial charge >= 0.3 is 17.6 Å². The number of nitrogens with one attached hydrogen (secondary N) is 2. The van der Waals surface area contributed by atoms with Crippen molar-refractivity contribution in [2.45, 2.75) is 24.9 Å².